The zero-order chi connectivity index (χ0) is 35.8. The molecule has 1 aromatic carbocycles. The zero-order valence-corrected chi connectivity index (χ0v) is 24.9. The third-order valence-corrected chi connectivity index (χ3v) is 7.13. The van der Waals surface area contributed by atoms with Crippen LogP contribution >= 0.6 is 0 Å². The maximum atomic E-state index is 13.8. The van der Waals surface area contributed by atoms with Crippen molar-refractivity contribution in [3.05, 3.63) is 80.3 Å². The Labute approximate surface area is 269 Å². The Morgan fingerprint density at radius 3 is 2.04 bits per heavy atom. The quantitative estimate of drug-likeness (QED) is 0.170. The number of carboxylic acids is 2. The lowest BCUT2D eigenvalue weighted by atomic mass is 10.0. The van der Waals surface area contributed by atoms with E-state index in [9.17, 15) is 47.0 Å². The minimum atomic E-state index is -5.08. The van der Waals surface area contributed by atoms with Crippen molar-refractivity contribution in [3.63, 3.8) is 0 Å². The first kappa shape index (κ1) is 33.8. The molecule has 16 nitrogen and oxygen atoms in total. The number of ketones is 2. The van der Waals surface area contributed by atoms with Gasteiger partial charge in [0.25, 0.3) is 11.1 Å². The number of Topliss-reactive ketones (excluding diaryl/α,β-unsaturated/α-hetero) is 2. The molecule has 0 aliphatic heterocycles. The van der Waals surface area contributed by atoms with Crippen molar-refractivity contribution < 1.29 is 52.5 Å². The molecule has 0 fully saturated rings. The smallest absolute Gasteiger partial charge is 0.451 e. The number of alkyl halides is 3. The van der Waals surface area contributed by atoms with Crippen LogP contribution in [0.4, 0.5) is 13.2 Å². The molecule has 0 saturated carbocycles. The van der Waals surface area contributed by atoms with Gasteiger partial charge in [-0.05, 0) is 6.07 Å². The van der Waals surface area contributed by atoms with E-state index < -0.39 is 112 Å². The lowest BCUT2D eigenvalue weighted by Gasteiger charge is -2.18. The van der Waals surface area contributed by atoms with Crippen LogP contribution in [-0.2, 0) is 22.8 Å². The summed E-state index contributed by atoms with van der Waals surface area (Å²) in [6.45, 7) is 0. The van der Waals surface area contributed by atoms with Crippen molar-refractivity contribution in [2.45, 2.75) is 31.9 Å². The molecule has 4 aromatic heterocycles. The van der Waals surface area contributed by atoms with Gasteiger partial charge in [-0.3, -0.25) is 33.3 Å². The molecule has 0 amide bonds. The summed E-state index contributed by atoms with van der Waals surface area (Å²) in [5, 5.41) is 36.4. The number of aliphatic carboxylic acids is 2. The van der Waals surface area contributed by atoms with Crippen LogP contribution in [0.2, 0.25) is 0 Å². The maximum absolute atomic E-state index is 13.8. The fraction of sp³-hybridized carbons (Fsp3) is 0.200. The molecule has 0 bridgehead atoms. The number of aromatic nitrogens is 6. The summed E-state index contributed by atoms with van der Waals surface area (Å²) in [5.41, 5.74) is -5.41. The molecular weight excluding hydrogens is 661 g/mol. The van der Waals surface area contributed by atoms with Crippen molar-refractivity contribution >= 4 is 45.6 Å². The minimum absolute atomic E-state index is 0.120. The van der Waals surface area contributed by atoms with Crippen molar-refractivity contribution in [1.29, 1.82) is 0 Å². The number of benzene rings is 1. The second-order valence-corrected chi connectivity index (χ2v) is 10.4. The summed E-state index contributed by atoms with van der Waals surface area (Å²) in [5.74, 6) is -8.68. The Hall–Kier alpha value is -6.53. The third kappa shape index (κ3) is 6.53. The van der Waals surface area contributed by atoms with E-state index in [1.807, 2.05) is 0 Å². The third-order valence-electron chi connectivity index (χ3n) is 7.13. The molecular formula is C30H21F3N6O10. The number of hydrogen-bond acceptors (Lipinski definition) is 12. The van der Waals surface area contributed by atoms with Gasteiger partial charge in [0.05, 0.1) is 29.3 Å². The van der Waals surface area contributed by atoms with Crippen molar-refractivity contribution in [2.24, 2.45) is 7.05 Å². The predicted molar refractivity (Wildman–Crippen MR) is 159 cm³/mol. The van der Waals surface area contributed by atoms with Crippen molar-refractivity contribution in [2.75, 3.05) is 0 Å². The van der Waals surface area contributed by atoms with E-state index in [-0.39, 0.29) is 15.8 Å². The molecule has 0 aliphatic carbocycles. The molecule has 5 rings (SSSR count). The first-order valence-corrected chi connectivity index (χ1v) is 14.0. The standard InChI is InChI=1S/C30H21F3N6O10/c1-38-25-15(12-34-29(35-25)30(31,32)33)24(22(27(38)47)18(41)8-10-20(44)45)49-39-26-14(11-16(36-37-26)13-5-3-2-4-6-13)23(46)21(28(39)48)17(40)7-9-19(42)43/h2-6,11-12,46H,7-10H2,1H3,(H,42,43)(H,44,45). The monoisotopic (exact) mass is 682 g/mol. The molecule has 0 aliphatic rings. The van der Waals surface area contributed by atoms with Gasteiger partial charge in [0, 0.05) is 31.6 Å². The minimum Gasteiger partial charge on any atom is -0.506 e. The zero-order valence-electron chi connectivity index (χ0n) is 24.9. The number of pyridine rings is 2. The Balaban J connectivity index is 1.85. The number of nitrogens with zero attached hydrogens (tertiary/aromatic N) is 6. The number of carbonyl (C=O) groups is 4. The van der Waals surface area contributed by atoms with Gasteiger partial charge in [0.15, 0.2) is 23.0 Å². The lowest BCUT2D eigenvalue weighted by molar-refractivity contribution is -0.144. The highest BCUT2D eigenvalue weighted by Crippen LogP contribution is 2.34. The number of fused-ring (bicyclic) bond motifs is 2. The van der Waals surface area contributed by atoms with E-state index in [2.05, 4.69) is 20.2 Å². The molecule has 4 heterocycles. The van der Waals surface area contributed by atoms with E-state index >= 15 is 0 Å². The average Bonchev–Trinajstić information content (AvgIpc) is 3.06. The molecule has 49 heavy (non-hydrogen) atoms. The average molecular weight is 683 g/mol. The van der Waals surface area contributed by atoms with Gasteiger partial charge in [-0.2, -0.15) is 13.2 Å². The molecule has 0 radical (unpaired) electrons. The van der Waals surface area contributed by atoms with Crippen LogP contribution in [0.5, 0.6) is 11.5 Å². The van der Waals surface area contributed by atoms with Crippen LogP contribution in [0.25, 0.3) is 33.3 Å². The number of carboxylic acid groups (broad SMARTS) is 2. The van der Waals surface area contributed by atoms with Crippen molar-refractivity contribution in [1.82, 2.24) is 29.5 Å². The van der Waals surface area contributed by atoms with E-state index in [1.54, 1.807) is 30.3 Å². The molecule has 0 unspecified atom stereocenters. The van der Waals surface area contributed by atoms with Gasteiger partial charge in [-0.1, -0.05) is 30.3 Å². The second kappa shape index (κ2) is 12.9. The predicted octanol–water partition coefficient (Wildman–Crippen LogP) is 2.76. The Kier molecular flexibility index (Phi) is 8.93. The van der Waals surface area contributed by atoms with E-state index in [0.717, 1.165) is 7.05 Å². The molecule has 0 spiro atoms. The van der Waals surface area contributed by atoms with Gasteiger partial charge in [-0.25, -0.2) is 9.97 Å². The van der Waals surface area contributed by atoms with Crippen molar-refractivity contribution in [3.8, 4) is 22.8 Å². The van der Waals surface area contributed by atoms with Gasteiger partial charge in [-0.15, -0.1) is 14.9 Å². The highest BCUT2D eigenvalue weighted by atomic mass is 19.4. The van der Waals surface area contributed by atoms with E-state index in [0.29, 0.717) is 16.3 Å². The summed E-state index contributed by atoms with van der Waals surface area (Å²) in [6, 6.07) is 9.46. The normalized spacial score (nSPS) is 11.5. The first-order valence-electron chi connectivity index (χ1n) is 14.0. The van der Waals surface area contributed by atoms with E-state index in [1.165, 1.54) is 6.07 Å². The molecule has 0 saturated heterocycles. The number of halogens is 3. The van der Waals surface area contributed by atoms with Crippen LogP contribution in [0.1, 0.15) is 52.2 Å². The molecule has 5 aromatic rings. The molecule has 0 atom stereocenters. The summed E-state index contributed by atoms with van der Waals surface area (Å²) >= 11 is 0. The van der Waals surface area contributed by atoms with Gasteiger partial charge in [0.1, 0.15) is 16.9 Å². The summed E-state index contributed by atoms with van der Waals surface area (Å²) in [6.07, 6.45) is -7.61. The summed E-state index contributed by atoms with van der Waals surface area (Å²) < 4.78 is 41.4. The van der Waals surface area contributed by atoms with Gasteiger partial charge in [0.2, 0.25) is 11.5 Å². The number of carbonyl (C=O) groups excluding carboxylic acids is 2. The SMILES string of the molecule is Cn1c(=O)c(C(=O)CCC(=O)O)c(On2c(=O)c(C(=O)CCC(=O)O)c(O)c3cc(-c4ccccc4)nnc32)c2cnc(C(F)(F)F)nc21. The Bertz CT molecular complexity index is 2320. The molecule has 252 valence electrons. The first-order chi connectivity index (χ1) is 23.1. The van der Waals surface area contributed by atoms with Crippen LogP contribution in [-0.4, -0.2) is 68.3 Å². The Morgan fingerprint density at radius 2 is 1.45 bits per heavy atom. The highest BCUT2D eigenvalue weighted by molar-refractivity contribution is 6.05. The highest BCUT2D eigenvalue weighted by Gasteiger charge is 2.36. The fourth-order valence-corrected chi connectivity index (χ4v) is 4.77. The van der Waals surface area contributed by atoms with E-state index in [4.69, 9.17) is 15.1 Å². The van der Waals surface area contributed by atoms with Crippen LogP contribution in [0.15, 0.2) is 52.2 Å². The lowest BCUT2D eigenvalue weighted by Crippen LogP contribution is -2.33. The number of hydrogen-bond donors (Lipinski definition) is 3. The molecule has 19 heteroatoms. The number of rotatable bonds is 11. The number of aryl methyl sites for hydroxylation is 1. The van der Waals surface area contributed by atoms with Gasteiger partial charge >= 0.3 is 18.1 Å². The topological polar surface area (TPSA) is 234 Å². The van der Waals surface area contributed by atoms with Crippen LogP contribution < -0.4 is 16.0 Å². The summed E-state index contributed by atoms with van der Waals surface area (Å²) in [4.78, 5) is 88.5. The maximum Gasteiger partial charge on any atom is 0.451 e. The fourth-order valence-electron chi connectivity index (χ4n) is 4.77. The second-order valence-electron chi connectivity index (χ2n) is 10.4. The van der Waals surface area contributed by atoms with Gasteiger partial charge < -0.3 is 20.2 Å². The van der Waals surface area contributed by atoms with Crippen LogP contribution in [0, 0.1) is 0 Å². The number of aromatic hydroxyl groups is 1. The van der Waals surface area contributed by atoms with Crippen LogP contribution in [0.3, 0.4) is 0 Å². The Morgan fingerprint density at radius 1 is 0.837 bits per heavy atom. The largest absolute Gasteiger partial charge is 0.506 e. The molecule has 3 N–H and O–H groups in total. The summed E-state index contributed by atoms with van der Waals surface area (Å²) in [7, 11) is 0.980.